The number of amides is 2. The number of rotatable bonds is 12. The zero-order valence-corrected chi connectivity index (χ0v) is 23.2. The summed E-state index contributed by atoms with van der Waals surface area (Å²) in [6.45, 7) is 6.08. The molecule has 0 bridgehead atoms. The zero-order chi connectivity index (χ0) is 26.9. The van der Waals surface area contributed by atoms with Gasteiger partial charge in [-0.15, -0.1) is 0 Å². The van der Waals surface area contributed by atoms with Gasteiger partial charge in [-0.2, -0.15) is 0 Å². The molecule has 1 aromatic heterocycles. The second-order valence-corrected chi connectivity index (χ2v) is 11.2. The van der Waals surface area contributed by atoms with Crippen molar-refractivity contribution in [1.29, 1.82) is 0 Å². The van der Waals surface area contributed by atoms with Crippen LogP contribution in [0.2, 0.25) is 0 Å². The summed E-state index contributed by atoms with van der Waals surface area (Å²) < 4.78 is 1.94. The van der Waals surface area contributed by atoms with Crippen LogP contribution in [0.5, 0.6) is 0 Å². The van der Waals surface area contributed by atoms with Gasteiger partial charge in [0, 0.05) is 36.6 Å². The van der Waals surface area contributed by atoms with E-state index in [1.54, 1.807) is 0 Å². The first-order chi connectivity index (χ1) is 18.4. The summed E-state index contributed by atoms with van der Waals surface area (Å²) in [7, 11) is 1.92. The summed E-state index contributed by atoms with van der Waals surface area (Å²) >= 11 is 0. The van der Waals surface area contributed by atoms with E-state index in [1.165, 1.54) is 5.56 Å². The van der Waals surface area contributed by atoms with Crippen LogP contribution in [-0.4, -0.2) is 41.6 Å². The lowest BCUT2D eigenvalue weighted by Gasteiger charge is -2.33. The standard InChI is InChI=1S/C32H44N4O2/c1-23(2)20-26(22-33-19-11-14-24-12-5-4-6-13-24)34-31(37)27-16-8-9-17-28(27)35-32(38)30-21-25-15-7-10-18-29(25)36(30)3/h4-7,10,12-13,15,18,21,23,26-28,33H,8-9,11,14,16-17,19-20,22H2,1-3H3,(H,34,37)(H,35,38)/t26?,27-,28+/m1/s1. The molecule has 1 heterocycles. The summed E-state index contributed by atoms with van der Waals surface area (Å²) in [6.07, 6.45) is 6.74. The highest BCUT2D eigenvalue weighted by atomic mass is 16.2. The maximum absolute atomic E-state index is 13.5. The van der Waals surface area contributed by atoms with E-state index in [0.717, 1.165) is 68.9 Å². The van der Waals surface area contributed by atoms with Crippen molar-refractivity contribution in [2.24, 2.45) is 18.9 Å². The predicted octanol–water partition coefficient (Wildman–Crippen LogP) is 5.22. The number of carbonyl (C=O) groups is 2. The number of hydrogen-bond acceptors (Lipinski definition) is 3. The molecule has 38 heavy (non-hydrogen) atoms. The smallest absolute Gasteiger partial charge is 0.268 e. The third kappa shape index (κ3) is 7.47. The summed E-state index contributed by atoms with van der Waals surface area (Å²) in [4.78, 5) is 26.8. The van der Waals surface area contributed by atoms with Crippen LogP contribution in [0.3, 0.4) is 0 Å². The van der Waals surface area contributed by atoms with Gasteiger partial charge in [0.05, 0.1) is 5.92 Å². The Morgan fingerprint density at radius 3 is 2.50 bits per heavy atom. The fourth-order valence-electron chi connectivity index (χ4n) is 5.78. The molecule has 3 atom stereocenters. The van der Waals surface area contributed by atoms with Crippen LogP contribution in [0, 0.1) is 11.8 Å². The number of aromatic nitrogens is 1. The molecule has 6 heteroatoms. The summed E-state index contributed by atoms with van der Waals surface area (Å²) in [6, 6.07) is 20.4. The average molecular weight is 517 g/mol. The monoisotopic (exact) mass is 516 g/mol. The number of aryl methyl sites for hydroxylation is 2. The van der Waals surface area contributed by atoms with E-state index in [2.05, 4.69) is 54.1 Å². The highest BCUT2D eigenvalue weighted by Crippen LogP contribution is 2.26. The van der Waals surface area contributed by atoms with Crippen molar-refractivity contribution < 1.29 is 9.59 Å². The maximum atomic E-state index is 13.5. The van der Waals surface area contributed by atoms with Crippen molar-refractivity contribution in [1.82, 2.24) is 20.5 Å². The molecule has 1 fully saturated rings. The predicted molar refractivity (Wildman–Crippen MR) is 155 cm³/mol. The molecule has 3 N–H and O–H groups in total. The molecule has 204 valence electrons. The highest BCUT2D eigenvalue weighted by Gasteiger charge is 2.33. The van der Waals surface area contributed by atoms with Gasteiger partial charge in [-0.05, 0) is 62.3 Å². The van der Waals surface area contributed by atoms with E-state index in [-0.39, 0.29) is 29.8 Å². The lowest BCUT2D eigenvalue weighted by molar-refractivity contribution is -0.127. The van der Waals surface area contributed by atoms with Gasteiger partial charge in [-0.1, -0.05) is 75.2 Å². The summed E-state index contributed by atoms with van der Waals surface area (Å²) in [5, 5.41) is 11.2. The Kier molecular flexibility index (Phi) is 9.99. The number of nitrogens with zero attached hydrogens (tertiary/aromatic N) is 1. The van der Waals surface area contributed by atoms with Crippen LogP contribution in [-0.2, 0) is 18.3 Å². The van der Waals surface area contributed by atoms with Crippen LogP contribution < -0.4 is 16.0 Å². The van der Waals surface area contributed by atoms with Crippen LogP contribution >= 0.6 is 0 Å². The van der Waals surface area contributed by atoms with Gasteiger partial charge in [-0.3, -0.25) is 9.59 Å². The Morgan fingerprint density at radius 1 is 1.00 bits per heavy atom. The molecule has 1 unspecified atom stereocenters. The molecule has 2 aromatic carbocycles. The van der Waals surface area contributed by atoms with Gasteiger partial charge in [0.25, 0.3) is 5.91 Å². The van der Waals surface area contributed by atoms with Crippen molar-refractivity contribution in [3.63, 3.8) is 0 Å². The van der Waals surface area contributed by atoms with E-state index < -0.39 is 0 Å². The Bertz CT molecular complexity index is 1190. The van der Waals surface area contributed by atoms with Gasteiger partial charge in [0.2, 0.25) is 5.91 Å². The first-order valence-electron chi connectivity index (χ1n) is 14.3. The minimum absolute atomic E-state index is 0.0729. The van der Waals surface area contributed by atoms with Crippen molar-refractivity contribution in [2.45, 2.75) is 70.9 Å². The molecular weight excluding hydrogens is 472 g/mol. The minimum atomic E-state index is -0.199. The van der Waals surface area contributed by atoms with E-state index in [1.807, 2.05) is 48.0 Å². The molecular formula is C32H44N4O2. The second kappa shape index (κ2) is 13.6. The first kappa shape index (κ1) is 27.9. The largest absolute Gasteiger partial charge is 0.352 e. The lowest BCUT2D eigenvalue weighted by Crippen LogP contribution is -2.52. The molecule has 2 amide bonds. The van der Waals surface area contributed by atoms with Crippen molar-refractivity contribution in [3.8, 4) is 0 Å². The number of benzene rings is 2. The van der Waals surface area contributed by atoms with Crippen LogP contribution in [0.4, 0.5) is 0 Å². The number of carbonyl (C=O) groups excluding carboxylic acids is 2. The molecule has 4 rings (SSSR count). The molecule has 6 nitrogen and oxygen atoms in total. The second-order valence-electron chi connectivity index (χ2n) is 11.2. The molecule has 3 aromatic rings. The molecule has 0 aliphatic heterocycles. The maximum Gasteiger partial charge on any atom is 0.268 e. The highest BCUT2D eigenvalue weighted by molar-refractivity contribution is 5.99. The van der Waals surface area contributed by atoms with Gasteiger partial charge >= 0.3 is 0 Å². The number of hydrogen-bond donors (Lipinski definition) is 3. The Balaban J connectivity index is 1.32. The van der Waals surface area contributed by atoms with Gasteiger partial charge in [0.15, 0.2) is 0 Å². The quantitative estimate of drug-likeness (QED) is 0.289. The Morgan fingerprint density at radius 2 is 1.74 bits per heavy atom. The number of fused-ring (bicyclic) bond motifs is 1. The van der Waals surface area contributed by atoms with E-state index >= 15 is 0 Å². The normalized spacial score (nSPS) is 18.4. The molecule has 1 saturated carbocycles. The fourth-order valence-corrected chi connectivity index (χ4v) is 5.78. The van der Waals surface area contributed by atoms with Gasteiger partial charge < -0.3 is 20.5 Å². The third-order valence-corrected chi connectivity index (χ3v) is 7.76. The average Bonchev–Trinajstić information content (AvgIpc) is 3.25. The van der Waals surface area contributed by atoms with Crippen LogP contribution in [0.1, 0.15) is 68.4 Å². The lowest BCUT2D eigenvalue weighted by atomic mass is 9.83. The van der Waals surface area contributed by atoms with Crippen molar-refractivity contribution in [3.05, 3.63) is 71.9 Å². The first-order valence-corrected chi connectivity index (χ1v) is 14.3. The minimum Gasteiger partial charge on any atom is -0.352 e. The summed E-state index contributed by atoms with van der Waals surface area (Å²) in [5.74, 6) is 0.255. The SMILES string of the molecule is CC(C)CC(CNCCCc1ccccc1)NC(=O)[C@@H]1CCCC[C@@H]1NC(=O)c1cc2ccccc2n1C. The van der Waals surface area contributed by atoms with E-state index in [0.29, 0.717) is 11.6 Å². The summed E-state index contributed by atoms with van der Waals surface area (Å²) in [5.41, 5.74) is 3.02. The molecule has 0 spiro atoms. The fraction of sp³-hybridized carbons (Fsp3) is 0.500. The van der Waals surface area contributed by atoms with Crippen LogP contribution in [0.15, 0.2) is 60.7 Å². The van der Waals surface area contributed by atoms with Gasteiger partial charge in [0.1, 0.15) is 5.69 Å². The van der Waals surface area contributed by atoms with Gasteiger partial charge in [-0.25, -0.2) is 0 Å². The molecule has 0 radical (unpaired) electrons. The molecule has 0 saturated heterocycles. The van der Waals surface area contributed by atoms with E-state index in [4.69, 9.17) is 0 Å². The molecule has 1 aliphatic rings. The Hall–Kier alpha value is -3.12. The van der Waals surface area contributed by atoms with E-state index in [9.17, 15) is 9.59 Å². The number of para-hydroxylation sites is 1. The third-order valence-electron chi connectivity index (χ3n) is 7.76. The molecule has 1 aliphatic carbocycles. The zero-order valence-electron chi connectivity index (χ0n) is 23.2. The van der Waals surface area contributed by atoms with Crippen molar-refractivity contribution >= 4 is 22.7 Å². The topological polar surface area (TPSA) is 75.2 Å². The van der Waals surface area contributed by atoms with Crippen molar-refractivity contribution in [2.75, 3.05) is 13.1 Å². The Labute approximate surface area is 227 Å². The number of nitrogens with one attached hydrogen (secondary N) is 3. The van der Waals surface area contributed by atoms with Crippen LogP contribution in [0.25, 0.3) is 10.9 Å².